The maximum Gasteiger partial charge on any atom is 0.0814 e. The minimum Gasteiger partial charge on any atom is -0.300 e. The number of fused-ring (bicyclic) bond motifs is 1. The summed E-state index contributed by atoms with van der Waals surface area (Å²) in [4.78, 5) is 7.25. The van der Waals surface area contributed by atoms with Gasteiger partial charge in [0.2, 0.25) is 0 Å². The van der Waals surface area contributed by atoms with Crippen LogP contribution in [0, 0.1) is 0 Å². The molecule has 1 atom stereocenters. The molecule has 1 aromatic carbocycles. The van der Waals surface area contributed by atoms with Crippen LogP contribution >= 0.6 is 11.3 Å². The van der Waals surface area contributed by atoms with E-state index in [0.29, 0.717) is 6.04 Å². The lowest BCUT2D eigenvalue weighted by Crippen LogP contribution is -2.40. The van der Waals surface area contributed by atoms with Gasteiger partial charge in [0.15, 0.2) is 0 Å². The molecule has 1 aliphatic carbocycles. The zero-order chi connectivity index (χ0) is 15.4. The Morgan fingerprint density at radius 2 is 2.05 bits per heavy atom. The van der Waals surface area contributed by atoms with Gasteiger partial charge in [0.25, 0.3) is 0 Å². The summed E-state index contributed by atoms with van der Waals surface area (Å²) < 4.78 is 0. The molecule has 1 aliphatic rings. The van der Waals surface area contributed by atoms with E-state index in [4.69, 9.17) is 0 Å². The second kappa shape index (κ2) is 7.38. The lowest BCUT2D eigenvalue weighted by Gasteiger charge is -2.35. The van der Waals surface area contributed by atoms with Crippen molar-refractivity contribution in [3.05, 3.63) is 40.2 Å². The Morgan fingerprint density at radius 3 is 2.73 bits per heavy atom. The van der Waals surface area contributed by atoms with E-state index in [1.807, 2.05) is 5.51 Å². The summed E-state index contributed by atoms with van der Waals surface area (Å²) in [7, 11) is 0. The Kier molecular flexibility index (Phi) is 5.27. The highest BCUT2D eigenvalue weighted by Gasteiger charge is 2.25. The summed E-state index contributed by atoms with van der Waals surface area (Å²) in [5, 5.41) is 2.18. The molecular weight excluding hydrogens is 288 g/mol. The van der Waals surface area contributed by atoms with Crippen molar-refractivity contribution < 1.29 is 0 Å². The number of thiazole rings is 1. The number of nitrogens with zero attached hydrogens (tertiary/aromatic N) is 2. The van der Waals surface area contributed by atoms with Crippen LogP contribution in [-0.4, -0.2) is 29.0 Å². The Bertz CT molecular complexity index is 585. The second-order valence-corrected chi connectivity index (χ2v) is 6.97. The first-order valence-electron chi connectivity index (χ1n) is 8.56. The van der Waals surface area contributed by atoms with Gasteiger partial charge in [-0.3, -0.25) is 0 Å². The molecule has 0 fully saturated rings. The van der Waals surface area contributed by atoms with Gasteiger partial charge in [-0.2, -0.15) is 0 Å². The first-order chi connectivity index (χ1) is 10.8. The quantitative estimate of drug-likeness (QED) is 0.762. The fourth-order valence-corrected chi connectivity index (χ4v) is 4.27. The Labute approximate surface area is 138 Å². The maximum absolute atomic E-state index is 4.54. The van der Waals surface area contributed by atoms with Crippen LogP contribution in [0.3, 0.4) is 0 Å². The molecule has 3 heteroatoms. The van der Waals surface area contributed by atoms with Gasteiger partial charge in [0.1, 0.15) is 0 Å². The van der Waals surface area contributed by atoms with E-state index in [1.165, 1.54) is 56.3 Å². The molecule has 2 aromatic rings. The third-order valence-corrected chi connectivity index (χ3v) is 5.29. The van der Waals surface area contributed by atoms with Crippen molar-refractivity contribution in [2.24, 2.45) is 0 Å². The normalized spacial score (nSPS) is 17.7. The fourth-order valence-electron chi connectivity index (χ4n) is 3.72. The third-order valence-electron chi connectivity index (χ3n) is 4.71. The van der Waals surface area contributed by atoms with Gasteiger partial charge < -0.3 is 4.90 Å². The van der Waals surface area contributed by atoms with Crippen LogP contribution in [0.2, 0.25) is 0 Å². The molecule has 0 saturated carbocycles. The number of hydrogen-bond acceptors (Lipinski definition) is 3. The summed E-state index contributed by atoms with van der Waals surface area (Å²) in [6.07, 6.45) is 6.19. The van der Waals surface area contributed by atoms with Crippen LogP contribution < -0.4 is 0 Å². The zero-order valence-electron chi connectivity index (χ0n) is 13.7. The van der Waals surface area contributed by atoms with Crippen LogP contribution in [0.1, 0.15) is 44.2 Å². The van der Waals surface area contributed by atoms with Crippen LogP contribution in [0.15, 0.2) is 29.1 Å². The second-order valence-electron chi connectivity index (χ2n) is 6.25. The Hall–Kier alpha value is -1.19. The van der Waals surface area contributed by atoms with Gasteiger partial charge in [-0.25, -0.2) is 4.98 Å². The number of rotatable bonds is 6. The number of hydrogen-bond donors (Lipinski definition) is 0. The summed E-state index contributed by atoms with van der Waals surface area (Å²) in [6, 6.07) is 7.46. The van der Waals surface area contributed by atoms with Crippen LogP contribution in [0.25, 0.3) is 11.3 Å². The van der Waals surface area contributed by atoms with Crippen molar-refractivity contribution in [2.45, 2.75) is 52.0 Å². The summed E-state index contributed by atoms with van der Waals surface area (Å²) in [5.41, 5.74) is 7.53. The van der Waals surface area contributed by atoms with Gasteiger partial charge in [-0.15, -0.1) is 11.3 Å². The van der Waals surface area contributed by atoms with Gasteiger partial charge in [0.05, 0.1) is 11.2 Å². The molecule has 0 amide bonds. The SMILES string of the molecule is CCCN(CCC)C1CCc2cccc(-c3cscn3)c2C1. The third kappa shape index (κ3) is 3.26. The largest absolute Gasteiger partial charge is 0.300 e. The van der Waals surface area contributed by atoms with Crippen LogP contribution in [-0.2, 0) is 12.8 Å². The molecule has 0 spiro atoms. The van der Waals surface area contributed by atoms with Gasteiger partial charge in [0, 0.05) is 17.0 Å². The van der Waals surface area contributed by atoms with E-state index in [2.05, 4.69) is 47.3 Å². The molecule has 3 rings (SSSR count). The van der Waals surface area contributed by atoms with Crippen molar-refractivity contribution in [3.8, 4) is 11.3 Å². The molecule has 2 nitrogen and oxygen atoms in total. The number of aryl methyl sites for hydroxylation is 1. The van der Waals surface area contributed by atoms with E-state index in [0.717, 1.165) is 5.69 Å². The Balaban J connectivity index is 1.88. The smallest absolute Gasteiger partial charge is 0.0814 e. The number of benzene rings is 1. The van der Waals surface area contributed by atoms with Crippen molar-refractivity contribution >= 4 is 11.3 Å². The van der Waals surface area contributed by atoms with E-state index in [9.17, 15) is 0 Å². The van der Waals surface area contributed by atoms with E-state index < -0.39 is 0 Å². The molecule has 1 unspecified atom stereocenters. The topological polar surface area (TPSA) is 16.1 Å². The molecule has 0 N–H and O–H groups in total. The van der Waals surface area contributed by atoms with Crippen LogP contribution in [0.5, 0.6) is 0 Å². The minimum absolute atomic E-state index is 0.701. The highest BCUT2D eigenvalue weighted by atomic mass is 32.1. The molecular formula is C19H26N2S. The van der Waals surface area contributed by atoms with E-state index in [-0.39, 0.29) is 0 Å². The zero-order valence-corrected chi connectivity index (χ0v) is 14.5. The first kappa shape index (κ1) is 15.7. The molecule has 1 heterocycles. The van der Waals surface area contributed by atoms with E-state index >= 15 is 0 Å². The van der Waals surface area contributed by atoms with E-state index in [1.54, 1.807) is 16.9 Å². The fraction of sp³-hybridized carbons (Fsp3) is 0.526. The van der Waals surface area contributed by atoms with Gasteiger partial charge >= 0.3 is 0 Å². The minimum atomic E-state index is 0.701. The van der Waals surface area contributed by atoms with Gasteiger partial charge in [-0.1, -0.05) is 32.0 Å². The predicted molar refractivity (Wildman–Crippen MR) is 95.5 cm³/mol. The molecule has 0 bridgehead atoms. The predicted octanol–water partition coefficient (Wildman–Crippen LogP) is 4.79. The highest BCUT2D eigenvalue weighted by molar-refractivity contribution is 7.07. The average molecular weight is 314 g/mol. The van der Waals surface area contributed by atoms with Crippen molar-refractivity contribution in [1.82, 2.24) is 9.88 Å². The Morgan fingerprint density at radius 1 is 1.23 bits per heavy atom. The average Bonchev–Trinajstić information content (AvgIpc) is 3.08. The monoisotopic (exact) mass is 314 g/mol. The standard InChI is InChI=1S/C19H26N2S/c1-3-10-21(11-4-2)16-9-8-15-6-5-7-17(18(15)12-16)19-13-22-14-20-19/h5-7,13-14,16H,3-4,8-12H2,1-2H3. The molecule has 0 saturated heterocycles. The molecule has 0 aliphatic heterocycles. The summed E-state index contributed by atoms with van der Waals surface area (Å²) >= 11 is 1.69. The highest BCUT2D eigenvalue weighted by Crippen LogP contribution is 2.33. The maximum atomic E-state index is 4.54. The molecule has 1 aromatic heterocycles. The van der Waals surface area contributed by atoms with Gasteiger partial charge in [-0.05, 0) is 56.3 Å². The molecule has 118 valence electrons. The van der Waals surface area contributed by atoms with Crippen LogP contribution in [0.4, 0.5) is 0 Å². The number of aromatic nitrogens is 1. The lowest BCUT2D eigenvalue weighted by atomic mass is 9.84. The first-order valence-corrected chi connectivity index (χ1v) is 9.51. The molecule has 22 heavy (non-hydrogen) atoms. The summed E-state index contributed by atoms with van der Waals surface area (Å²) in [6.45, 7) is 7.04. The molecule has 0 radical (unpaired) electrons. The van der Waals surface area contributed by atoms with Crippen molar-refractivity contribution in [2.75, 3.05) is 13.1 Å². The van der Waals surface area contributed by atoms with Crippen molar-refractivity contribution in [3.63, 3.8) is 0 Å². The lowest BCUT2D eigenvalue weighted by molar-refractivity contribution is 0.180. The summed E-state index contributed by atoms with van der Waals surface area (Å²) in [5.74, 6) is 0. The van der Waals surface area contributed by atoms with Crippen molar-refractivity contribution in [1.29, 1.82) is 0 Å².